The Bertz CT molecular complexity index is 274. The summed E-state index contributed by atoms with van der Waals surface area (Å²) in [5, 5.41) is 17.0. The van der Waals surface area contributed by atoms with E-state index in [-0.39, 0.29) is 0 Å². The molecule has 0 bridgehead atoms. The Morgan fingerprint density at radius 2 is 2.33 bits per heavy atom. The maximum Gasteiger partial charge on any atom is 0.403 e. The smallest absolute Gasteiger partial charge is 0.403 e. The SMILES string of the molecule is CC(=O)[O-].N#[N+]c1cccnc1. The Kier molecular flexibility index (Phi) is 4.85. The van der Waals surface area contributed by atoms with Crippen molar-refractivity contribution < 1.29 is 9.90 Å². The van der Waals surface area contributed by atoms with Crippen molar-refractivity contribution in [2.75, 3.05) is 0 Å². The van der Waals surface area contributed by atoms with E-state index in [0.717, 1.165) is 6.92 Å². The van der Waals surface area contributed by atoms with E-state index in [0.29, 0.717) is 5.69 Å². The standard InChI is InChI=1S/C5H4N3.C2H4O2/c6-8-5-2-1-3-7-4-5;1-2(3)4/h1-4H;1H3,(H,3,4)/q+1;/p-1. The second-order valence-electron chi connectivity index (χ2n) is 1.80. The molecule has 0 aliphatic rings. The molecular weight excluding hydrogens is 158 g/mol. The molecule has 0 saturated heterocycles. The number of diazo groups is 1. The van der Waals surface area contributed by atoms with Gasteiger partial charge in [-0.05, 0) is 13.0 Å². The van der Waals surface area contributed by atoms with Crippen LogP contribution in [-0.2, 0) is 4.79 Å². The van der Waals surface area contributed by atoms with Crippen molar-refractivity contribution in [3.8, 4) is 0 Å². The first kappa shape index (κ1) is 10.0. The van der Waals surface area contributed by atoms with Crippen molar-refractivity contribution in [3.63, 3.8) is 0 Å². The van der Waals surface area contributed by atoms with Gasteiger partial charge in [-0.15, -0.1) is 0 Å². The summed E-state index contributed by atoms with van der Waals surface area (Å²) < 4.78 is 0. The highest BCUT2D eigenvalue weighted by Crippen LogP contribution is 2.05. The van der Waals surface area contributed by atoms with Crippen LogP contribution in [0.1, 0.15) is 6.92 Å². The number of nitrogens with zero attached hydrogens (tertiary/aromatic N) is 3. The van der Waals surface area contributed by atoms with Gasteiger partial charge >= 0.3 is 5.69 Å². The van der Waals surface area contributed by atoms with Crippen LogP contribution in [0.2, 0.25) is 0 Å². The number of carbonyl (C=O) groups is 1. The topological polar surface area (TPSA) is 81.2 Å². The van der Waals surface area contributed by atoms with E-state index >= 15 is 0 Å². The number of carboxylic acid groups (broad SMARTS) is 1. The minimum Gasteiger partial charge on any atom is -0.550 e. The van der Waals surface area contributed by atoms with Crippen LogP contribution in [0.4, 0.5) is 5.69 Å². The quantitative estimate of drug-likeness (QED) is 0.518. The van der Waals surface area contributed by atoms with Crippen LogP contribution >= 0.6 is 0 Å². The van der Waals surface area contributed by atoms with E-state index < -0.39 is 5.97 Å². The summed E-state index contributed by atoms with van der Waals surface area (Å²) in [6.45, 7) is 0.972. The zero-order chi connectivity index (χ0) is 9.40. The molecule has 0 aliphatic heterocycles. The highest BCUT2D eigenvalue weighted by Gasteiger charge is 1.97. The average molecular weight is 165 g/mol. The molecule has 1 heterocycles. The largest absolute Gasteiger partial charge is 0.550 e. The minimum atomic E-state index is -1.08. The van der Waals surface area contributed by atoms with Gasteiger partial charge in [-0.25, -0.2) is 0 Å². The molecule has 1 aromatic heterocycles. The normalized spacial score (nSPS) is 7.33. The molecular formula is C7H7N3O2. The van der Waals surface area contributed by atoms with E-state index in [9.17, 15) is 0 Å². The Morgan fingerprint density at radius 3 is 2.58 bits per heavy atom. The van der Waals surface area contributed by atoms with Crippen LogP contribution in [0.25, 0.3) is 4.98 Å². The molecule has 5 nitrogen and oxygen atoms in total. The van der Waals surface area contributed by atoms with E-state index in [4.69, 9.17) is 15.3 Å². The fraction of sp³-hybridized carbons (Fsp3) is 0.143. The van der Waals surface area contributed by atoms with Crippen molar-refractivity contribution in [2.24, 2.45) is 0 Å². The lowest BCUT2D eigenvalue weighted by Gasteiger charge is -1.77. The molecule has 0 aromatic carbocycles. The number of carboxylic acids is 1. The van der Waals surface area contributed by atoms with E-state index in [1.165, 1.54) is 6.20 Å². The molecule has 0 aliphatic carbocycles. The maximum atomic E-state index is 8.89. The number of aromatic nitrogens is 1. The molecule has 0 atom stereocenters. The van der Waals surface area contributed by atoms with E-state index in [1.54, 1.807) is 18.3 Å². The Morgan fingerprint density at radius 1 is 1.75 bits per heavy atom. The molecule has 5 heteroatoms. The fourth-order valence-corrected chi connectivity index (χ4v) is 0.413. The Balaban J connectivity index is 0.000000261. The van der Waals surface area contributed by atoms with Gasteiger partial charge in [0.1, 0.15) is 6.20 Å². The van der Waals surface area contributed by atoms with Crippen molar-refractivity contribution in [1.29, 1.82) is 5.39 Å². The second kappa shape index (κ2) is 5.80. The zero-order valence-corrected chi connectivity index (χ0v) is 6.47. The molecule has 0 fully saturated rings. The molecule has 12 heavy (non-hydrogen) atoms. The number of rotatable bonds is 0. The van der Waals surface area contributed by atoms with Crippen LogP contribution in [0.3, 0.4) is 0 Å². The van der Waals surface area contributed by atoms with Crippen molar-refractivity contribution >= 4 is 11.7 Å². The number of hydrogen-bond donors (Lipinski definition) is 0. The van der Waals surface area contributed by atoms with Crippen LogP contribution in [0.5, 0.6) is 0 Å². The summed E-state index contributed by atoms with van der Waals surface area (Å²) in [7, 11) is 0. The lowest BCUT2D eigenvalue weighted by atomic mass is 10.4. The fourth-order valence-electron chi connectivity index (χ4n) is 0.413. The van der Waals surface area contributed by atoms with Gasteiger partial charge in [-0.1, -0.05) is 0 Å². The molecule has 1 rings (SSSR count). The summed E-state index contributed by atoms with van der Waals surface area (Å²) in [4.78, 5) is 15.5. The third-order valence-electron chi connectivity index (χ3n) is 0.761. The summed E-state index contributed by atoms with van der Waals surface area (Å²) in [6.07, 6.45) is 3.09. The summed E-state index contributed by atoms with van der Waals surface area (Å²) in [5.74, 6) is -1.08. The number of aliphatic carboxylic acids is 1. The van der Waals surface area contributed by atoms with Crippen LogP contribution in [-0.4, -0.2) is 11.0 Å². The van der Waals surface area contributed by atoms with Crippen LogP contribution < -0.4 is 5.11 Å². The average Bonchev–Trinajstić information content (AvgIpc) is 2.05. The van der Waals surface area contributed by atoms with Crippen molar-refractivity contribution in [2.45, 2.75) is 6.92 Å². The number of pyridine rings is 1. The highest BCUT2D eigenvalue weighted by atomic mass is 16.4. The number of carbonyl (C=O) groups excluding carboxylic acids is 1. The van der Waals surface area contributed by atoms with Gasteiger partial charge in [0.2, 0.25) is 5.39 Å². The first-order valence-corrected chi connectivity index (χ1v) is 3.09. The molecule has 0 saturated carbocycles. The number of hydrogen-bond acceptors (Lipinski definition) is 4. The first-order valence-electron chi connectivity index (χ1n) is 3.09. The van der Waals surface area contributed by atoms with Gasteiger partial charge < -0.3 is 9.90 Å². The van der Waals surface area contributed by atoms with Crippen molar-refractivity contribution in [3.05, 3.63) is 29.5 Å². The molecule has 62 valence electrons. The molecule has 0 radical (unpaired) electrons. The van der Waals surface area contributed by atoms with E-state index in [2.05, 4.69) is 9.96 Å². The lowest BCUT2D eigenvalue weighted by Crippen LogP contribution is -2.16. The summed E-state index contributed by atoms with van der Waals surface area (Å²) in [5.41, 5.74) is 0.479. The molecule has 1 aromatic rings. The van der Waals surface area contributed by atoms with Gasteiger partial charge in [0.25, 0.3) is 0 Å². The van der Waals surface area contributed by atoms with Crippen LogP contribution in [0, 0.1) is 5.39 Å². The third-order valence-corrected chi connectivity index (χ3v) is 0.761. The highest BCUT2D eigenvalue weighted by molar-refractivity contribution is 5.60. The summed E-state index contributed by atoms with van der Waals surface area (Å²) >= 11 is 0. The van der Waals surface area contributed by atoms with Gasteiger partial charge in [0, 0.05) is 18.2 Å². The Hall–Kier alpha value is -1.96. The van der Waals surface area contributed by atoms with Crippen LogP contribution in [0.15, 0.2) is 24.5 Å². The van der Waals surface area contributed by atoms with Gasteiger partial charge in [-0.2, -0.15) is 0 Å². The first-order chi connectivity index (χ1) is 5.66. The van der Waals surface area contributed by atoms with Crippen molar-refractivity contribution in [1.82, 2.24) is 4.98 Å². The molecule has 0 amide bonds. The predicted molar refractivity (Wildman–Crippen MR) is 39.7 cm³/mol. The van der Waals surface area contributed by atoms with Gasteiger partial charge in [0.15, 0.2) is 4.98 Å². The molecule has 0 spiro atoms. The Labute approximate surface area is 69.3 Å². The maximum absolute atomic E-state index is 8.89. The van der Waals surface area contributed by atoms with E-state index in [1.807, 2.05) is 0 Å². The van der Waals surface area contributed by atoms with Gasteiger partial charge in [-0.3, -0.25) is 4.98 Å². The monoisotopic (exact) mass is 165 g/mol. The second-order valence-corrected chi connectivity index (χ2v) is 1.80. The zero-order valence-electron chi connectivity index (χ0n) is 6.47. The summed E-state index contributed by atoms with van der Waals surface area (Å²) in [6, 6.07) is 3.36. The molecule has 0 N–H and O–H groups in total. The predicted octanol–water partition coefficient (Wildman–Crippen LogP) is 0.322. The molecule has 0 unspecified atom stereocenters. The van der Waals surface area contributed by atoms with Gasteiger partial charge in [0.05, 0.1) is 0 Å². The lowest BCUT2D eigenvalue weighted by molar-refractivity contribution is -0.302. The minimum absolute atomic E-state index is 0.479. The third kappa shape index (κ3) is 6.16.